The Labute approximate surface area is 115 Å². The zero-order chi connectivity index (χ0) is 13.3. The van der Waals surface area contributed by atoms with Crippen LogP contribution in [0.1, 0.15) is 90.9 Å². The summed E-state index contributed by atoms with van der Waals surface area (Å²) in [7, 11) is 0. The summed E-state index contributed by atoms with van der Waals surface area (Å²) in [5, 5.41) is 0. The topological polar surface area (TPSA) is 26.0 Å². The van der Waals surface area contributed by atoms with E-state index in [1.807, 2.05) is 0 Å². The van der Waals surface area contributed by atoms with Gasteiger partial charge in [-0.3, -0.25) is 0 Å². The highest BCUT2D eigenvalue weighted by atomic mass is 14.6. The molecule has 108 valence electrons. The molecule has 0 heterocycles. The van der Waals surface area contributed by atoms with Gasteiger partial charge in [-0.05, 0) is 37.1 Å². The van der Waals surface area contributed by atoms with E-state index in [-0.39, 0.29) is 0 Å². The summed E-state index contributed by atoms with van der Waals surface area (Å²) in [6.45, 7) is 5.61. The van der Waals surface area contributed by atoms with E-state index >= 15 is 0 Å². The van der Waals surface area contributed by atoms with Crippen LogP contribution < -0.4 is 5.73 Å². The first-order chi connectivity index (χ1) is 8.72. The Morgan fingerprint density at radius 1 is 1.00 bits per heavy atom. The average Bonchev–Trinajstić information content (AvgIpc) is 2.75. The van der Waals surface area contributed by atoms with Crippen molar-refractivity contribution in [3.05, 3.63) is 0 Å². The summed E-state index contributed by atoms with van der Waals surface area (Å²) >= 11 is 0. The fourth-order valence-electron chi connectivity index (χ4n) is 3.64. The normalized spacial score (nSPS) is 27.8. The summed E-state index contributed by atoms with van der Waals surface area (Å²) in [5.74, 6) is 0.919. The van der Waals surface area contributed by atoms with Gasteiger partial charge in [-0.2, -0.15) is 0 Å². The van der Waals surface area contributed by atoms with Crippen molar-refractivity contribution >= 4 is 0 Å². The second-order valence-corrected chi connectivity index (χ2v) is 6.78. The van der Waals surface area contributed by atoms with Gasteiger partial charge in [0, 0.05) is 0 Å². The van der Waals surface area contributed by atoms with Crippen molar-refractivity contribution in [2.24, 2.45) is 17.1 Å². The van der Waals surface area contributed by atoms with Gasteiger partial charge >= 0.3 is 0 Å². The van der Waals surface area contributed by atoms with Gasteiger partial charge in [0.2, 0.25) is 0 Å². The molecule has 1 nitrogen and oxygen atoms in total. The van der Waals surface area contributed by atoms with Crippen molar-refractivity contribution in [1.82, 2.24) is 0 Å². The van der Waals surface area contributed by atoms with Crippen LogP contribution in [0, 0.1) is 11.3 Å². The van der Waals surface area contributed by atoms with E-state index in [4.69, 9.17) is 5.73 Å². The first kappa shape index (κ1) is 16.0. The van der Waals surface area contributed by atoms with Crippen LogP contribution in [-0.2, 0) is 0 Å². The molecular weight excluding hydrogens is 218 g/mol. The Kier molecular flexibility index (Phi) is 7.97. The summed E-state index contributed by atoms with van der Waals surface area (Å²) in [5.41, 5.74) is 6.56. The molecule has 0 bridgehead atoms. The molecule has 18 heavy (non-hydrogen) atoms. The molecule has 0 amide bonds. The summed E-state index contributed by atoms with van der Waals surface area (Å²) in [6.07, 6.45) is 17.0. The minimum Gasteiger partial charge on any atom is -0.330 e. The van der Waals surface area contributed by atoms with E-state index < -0.39 is 0 Å². The maximum atomic E-state index is 6.03. The maximum absolute atomic E-state index is 6.03. The van der Waals surface area contributed by atoms with Gasteiger partial charge < -0.3 is 5.73 Å². The molecule has 2 unspecified atom stereocenters. The molecule has 1 aliphatic carbocycles. The molecule has 0 radical (unpaired) electrons. The Bertz CT molecular complexity index is 202. The summed E-state index contributed by atoms with van der Waals surface area (Å²) < 4.78 is 0. The second kappa shape index (κ2) is 8.96. The fourth-order valence-corrected chi connectivity index (χ4v) is 3.64. The van der Waals surface area contributed by atoms with Crippen LogP contribution in [0.4, 0.5) is 0 Å². The van der Waals surface area contributed by atoms with Crippen molar-refractivity contribution in [1.29, 1.82) is 0 Å². The van der Waals surface area contributed by atoms with Gasteiger partial charge in [-0.1, -0.05) is 71.6 Å². The highest BCUT2D eigenvalue weighted by molar-refractivity contribution is 4.88. The van der Waals surface area contributed by atoms with E-state index in [2.05, 4.69) is 13.8 Å². The van der Waals surface area contributed by atoms with Gasteiger partial charge in [-0.25, -0.2) is 0 Å². The molecule has 1 saturated carbocycles. The van der Waals surface area contributed by atoms with Gasteiger partial charge in [-0.15, -0.1) is 0 Å². The molecular formula is C17H35N. The highest BCUT2D eigenvalue weighted by Crippen LogP contribution is 2.44. The Balaban J connectivity index is 1.99. The number of hydrogen-bond acceptors (Lipinski definition) is 1. The molecule has 0 aliphatic heterocycles. The Morgan fingerprint density at radius 3 is 2.11 bits per heavy atom. The zero-order valence-corrected chi connectivity index (χ0v) is 12.8. The molecule has 1 heteroatoms. The lowest BCUT2D eigenvalue weighted by Crippen LogP contribution is -2.27. The van der Waals surface area contributed by atoms with Crippen LogP contribution in [0.3, 0.4) is 0 Å². The molecule has 0 aromatic carbocycles. The molecule has 0 aromatic heterocycles. The van der Waals surface area contributed by atoms with Gasteiger partial charge in [0.15, 0.2) is 0 Å². The minimum atomic E-state index is 0.529. The minimum absolute atomic E-state index is 0.529. The monoisotopic (exact) mass is 253 g/mol. The van der Waals surface area contributed by atoms with Crippen LogP contribution in [0.2, 0.25) is 0 Å². The van der Waals surface area contributed by atoms with E-state index in [1.165, 1.54) is 77.0 Å². The summed E-state index contributed by atoms with van der Waals surface area (Å²) in [4.78, 5) is 0. The smallest absolute Gasteiger partial charge is 0.00204 e. The largest absolute Gasteiger partial charge is 0.330 e. The lowest BCUT2D eigenvalue weighted by atomic mass is 9.80. The molecule has 2 N–H and O–H groups in total. The molecule has 0 saturated heterocycles. The molecule has 1 aliphatic rings. The first-order valence-corrected chi connectivity index (χ1v) is 8.42. The third-order valence-electron chi connectivity index (χ3n) is 4.94. The molecule has 0 aromatic rings. The lowest BCUT2D eigenvalue weighted by molar-refractivity contribution is 0.262. The van der Waals surface area contributed by atoms with Crippen molar-refractivity contribution < 1.29 is 0 Å². The molecule has 1 rings (SSSR count). The number of unbranched alkanes of at least 4 members (excludes halogenated alkanes) is 7. The van der Waals surface area contributed by atoms with Crippen LogP contribution >= 0.6 is 0 Å². The fraction of sp³-hybridized carbons (Fsp3) is 1.00. The number of hydrogen-bond donors (Lipinski definition) is 1. The van der Waals surface area contributed by atoms with Crippen molar-refractivity contribution in [2.45, 2.75) is 90.9 Å². The van der Waals surface area contributed by atoms with Gasteiger partial charge in [0.1, 0.15) is 0 Å². The second-order valence-electron chi connectivity index (χ2n) is 6.78. The lowest BCUT2D eigenvalue weighted by Gasteiger charge is -2.27. The van der Waals surface area contributed by atoms with E-state index in [1.54, 1.807) is 0 Å². The predicted octanol–water partition coefficient (Wildman–Crippen LogP) is 5.28. The number of nitrogens with two attached hydrogens (primary N) is 1. The van der Waals surface area contributed by atoms with Crippen molar-refractivity contribution in [3.8, 4) is 0 Å². The van der Waals surface area contributed by atoms with E-state index in [9.17, 15) is 0 Å². The quantitative estimate of drug-likeness (QED) is 0.526. The van der Waals surface area contributed by atoms with Crippen LogP contribution in [0.25, 0.3) is 0 Å². The first-order valence-electron chi connectivity index (χ1n) is 8.42. The third kappa shape index (κ3) is 5.73. The van der Waals surface area contributed by atoms with Crippen LogP contribution in [0.15, 0.2) is 0 Å². The number of rotatable bonds is 10. The summed E-state index contributed by atoms with van der Waals surface area (Å²) in [6, 6.07) is 0. The van der Waals surface area contributed by atoms with Crippen LogP contribution in [-0.4, -0.2) is 6.54 Å². The standard InChI is InChI=1S/C17H35N/c1-3-4-5-6-7-8-9-10-12-17(15-18)13-11-16(2)14-17/h16H,3-15,18H2,1-2H3. The van der Waals surface area contributed by atoms with E-state index in [0.717, 1.165) is 12.5 Å². The highest BCUT2D eigenvalue weighted by Gasteiger charge is 2.35. The Hall–Kier alpha value is -0.0400. The molecule has 0 spiro atoms. The average molecular weight is 253 g/mol. The van der Waals surface area contributed by atoms with Gasteiger partial charge in [0.05, 0.1) is 0 Å². The molecule has 1 fully saturated rings. The van der Waals surface area contributed by atoms with Crippen molar-refractivity contribution in [3.63, 3.8) is 0 Å². The van der Waals surface area contributed by atoms with Crippen molar-refractivity contribution in [2.75, 3.05) is 6.54 Å². The van der Waals surface area contributed by atoms with Gasteiger partial charge in [0.25, 0.3) is 0 Å². The SMILES string of the molecule is CCCCCCCCCCC1(CN)CCC(C)C1. The van der Waals surface area contributed by atoms with E-state index in [0.29, 0.717) is 5.41 Å². The maximum Gasteiger partial charge on any atom is -0.00204 e. The zero-order valence-electron chi connectivity index (χ0n) is 12.8. The molecule has 2 atom stereocenters. The predicted molar refractivity (Wildman–Crippen MR) is 81.7 cm³/mol. The Morgan fingerprint density at radius 2 is 1.61 bits per heavy atom. The third-order valence-corrected chi connectivity index (χ3v) is 4.94. The van der Waals surface area contributed by atoms with Crippen LogP contribution in [0.5, 0.6) is 0 Å².